The van der Waals surface area contributed by atoms with E-state index in [1.54, 1.807) is 29.3 Å². The van der Waals surface area contributed by atoms with E-state index in [1.807, 2.05) is 6.20 Å². The molecule has 2 N–H and O–H groups in total. The monoisotopic (exact) mass is 396 g/mol. The molecule has 142 valence electrons. The van der Waals surface area contributed by atoms with Gasteiger partial charge in [0, 0.05) is 24.5 Å². The third kappa shape index (κ3) is 4.91. The fraction of sp³-hybridized carbons (Fsp3) is 0.588. The molecule has 1 atom stereocenters. The van der Waals surface area contributed by atoms with Crippen LogP contribution in [0.1, 0.15) is 45.3 Å². The zero-order chi connectivity index (χ0) is 18.7. The molecule has 0 aliphatic carbocycles. The first-order valence-electron chi connectivity index (χ1n) is 8.59. The van der Waals surface area contributed by atoms with Crippen LogP contribution >= 0.6 is 23.1 Å². The number of anilines is 1. The molecule has 0 saturated carbocycles. The minimum absolute atomic E-state index is 0.0404. The minimum atomic E-state index is -0.854. The van der Waals surface area contributed by atoms with Gasteiger partial charge in [0.1, 0.15) is 5.76 Å². The highest BCUT2D eigenvalue weighted by Gasteiger charge is 2.24. The van der Waals surface area contributed by atoms with Crippen LogP contribution < -0.4 is 5.32 Å². The van der Waals surface area contributed by atoms with Gasteiger partial charge in [0.25, 0.3) is 0 Å². The van der Waals surface area contributed by atoms with Crippen molar-refractivity contribution in [2.24, 2.45) is 0 Å². The molecule has 1 aliphatic rings. The number of likely N-dealkylation sites (tertiary alicyclic amines) is 1. The lowest BCUT2D eigenvalue weighted by molar-refractivity contribution is 0.133. The van der Waals surface area contributed by atoms with Crippen molar-refractivity contribution in [1.82, 2.24) is 14.9 Å². The molecule has 0 aromatic carbocycles. The fourth-order valence-electron chi connectivity index (χ4n) is 2.69. The number of piperidine rings is 1. The lowest BCUT2D eigenvalue weighted by Crippen LogP contribution is -2.44. The number of nitrogens with one attached hydrogen (secondary N) is 1. The molecule has 2 aromatic rings. The summed E-state index contributed by atoms with van der Waals surface area (Å²) in [5.74, 6) is 2.26. The first-order chi connectivity index (χ1) is 12.3. The van der Waals surface area contributed by atoms with E-state index >= 15 is 0 Å². The first-order valence-corrected chi connectivity index (χ1v) is 10.4. The molecule has 0 spiro atoms. The summed E-state index contributed by atoms with van der Waals surface area (Å²) >= 11 is 3.21. The van der Waals surface area contributed by atoms with Gasteiger partial charge in [0.2, 0.25) is 5.89 Å². The summed E-state index contributed by atoms with van der Waals surface area (Å²) in [6.07, 6.45) is 4.61. The molecule has 9 heteroatoms. The van der Waals surface area contributed by atoms with Crippen LogP contribution in [0.5, 0.6) is 0 Å². The minimum Gasteiger partial charge on any atom is -0.465 e. The lowest BCUT2D eigenvalue weighted by atomic mass is 9.94. The number of aromatic nitrogens is 2. The molecule has 1 fully saturated rings. The van der Waals surface area contributed by atoms with Gasteiger partial charge in [-0.05, 0) is 12.8 Å². The number of carboxylic acid groups (broad SMARTS) is 1. The number of hydrogen-bond donors (Lipinski definition) is 2. The number of thioether (sulfide) groups is 1. The normalized spacial score (nSPS) is 18.1. The van der Waals surface area contributed by atoms with Gasteiger partial charge in [-0.3, -0.25) is 0 Å². The fourth-order valence-corrected chi connectivity index (χ4v) is 4.50. The van der Waals surface area contributed by atoms with Crippen LogP contribution in [-0.2, 0) is 11.2 Å². The van der Waals surface area contributed by atoms with Crippen molar-refractivity contribution < 1.29 is 14.3 Å². The molecule has 7 nitrogen and oxygen atoms in total. The lowest BCUT2D eigenvalue weighted by Gasteiger charge is -2.30. The summed E-state index contributed by atoms with van der Waals surface area (Å²) in [6.45, 7) is 7.41. The van der Waals surface area contributed by atoms with Gasteiger partial charge in [-0.25, -0.2) is 14.8 Å². The van der Waals surface area contributed by atoms with E-state index in [2.05, 4.69) is 36.1 Å². The van der Waals surface area contributed by atoms with Crippen LogP contribution in [0.15, 0.2) is 21.0 Å². The maximum atomic E-state index is 11.1. The molecule has 3 rings (SSSR count). The van der Waals surface area contributed by atoms with E-state index in [0.717, 1.165) is 27.9 Å². The Balaban J connectivity index is 1.52. The van der Waals surface area contributed by atoms with E-state index in [9.17, 15) is 4.79 Å². The highest BCUT2D eigenvalue weighted by molar-refractivity contribution is 8.00. The van der Waals surface area contributed by atoms with Crippen molar-refractivity contribution in [1.29, 1.82) is 0 Å². The van der Waals surface area contributed by atoms with Crippen molar-refractivity contribution in [3.63, 3.8) is 0 Å². The molecule has 0 radical (unpaired) electrons. The summed E-state index contributed by atoms with van der Waals surface area (Å²) in [5.41, 5.74) is -0.0404. The molecular weight excluding hydrogens is 372 g/mol. The number of amides is 1. The second kappa shape index (κ2) is 7.87. The van der Waals surface area contributed by atoms with Crippen molar-refractivity contribution in [3.8, 4) is 0 Å². The third-order valence-corrected chi connectivity index (χ3v) is 6.24. The number of hydrogen-bond acceptors (Lipinski definition) is 7. The van der Waals surface area contributed by atoms with E-state index in [1.165, 1.54) is 4.90 Å². The largest absolute Gasteiger partial charge is 0.465 e. The van der Waals surface area contributed by atoms with Crippen molar-refractivity contribution in [2.45, 2.75) is 55.0 Å². The zero-order valence-corrected chi connectivity index (χ0v) is 16.8. The Morgan fingerprint density at radius 3 is 2.96 bits per heavy atom. The summed E-state index contributed by atoms with van der Waals surface area (Å²) in [7, 11) is 0. The van der Waals surface area contributed by atoms with Gasteiger partial charge in [0.15, 0.2) is 5.13 Å². The topological polar surface area (TPSA) is 91.5 Å². The average molecular weight is 397 g/mol. The number of nitrogens with zero attached hydrogens (tertiary/aromatic N) is 3. The van der Waals surface area contributed by atoms with Crippen LogP contribution in [0.25, 0.3) is 0 Å². The van der Waals surface area contributed by atoms with Gasteiger partial charge in [-0.1, -0.05) is 32.1 Å². The summed E-state index contributed by atoms with van der Waals surface area (Å²) in [5, 5.41) is 13.3. The molecule has 0 bridgehead atoms. The number of rotatable bonds is 5. The highest BCUT2D eigenvalue weighted by atomic mass is 32.2. The Labute approximate surface area is 161 Å². The van der Waals surface area contributed by atoms with Crippen LogP contribution in [-0.4, -0.2) is 45.2 Å². The van der Waals surface area contributed by atoms with Crippen LogP contribution in [0.2, 0.25) is 0 Å². The average Bonchev–Trinajstić information content (AvgIpc) is 3.22. The Bertz CT molecular complexity index is 753. The van der Waals surface area contributed by atoms with E-state index in [0.29, 0.717) is 24.7 Å². The Morgan fingerprint density at radius 1 is 1.46 bits per heavy atom. The molecule has 1 aliphatic heterocycles. The highest BCUT2D eigenvalue weighted by Crippen LogP contribution is 2.32. The van der Waals surface area contributed by atoms with Gasteiger partial charge < -0.3 is 19.7 Å². The zero-order valence-electron chi connectivity index (χ0n) is 15.2. The van der Waals surface area contributed by atoms with Crippen LogP contribution in [0, 0.1) is 0 Å². The summed E-state index contributed by atoms with van der Waals surface area (Å²) in [6, 6.07) is 0.116. The first kappa shape index (κ1) is 19.0. The maximum Gasteiger partial charge on any atom is 0.407 e. The Hall–Kier alpha value is -1.74. The Morgan fingerprint density at radius 2 is 2.27 bits per heavy atom. The van der Waals surface area contributed by atoms with E-state index in [-0.39, 0.29) is 11.5 Å². The standard InChI is InChI=1S/C17H24N4O3S2/c1-17(2,3)12-7-18-13(24-12)10-25-14-8-19-15(26-14)20-11-5-4-6-21(9-11)16(22)23/h7-8,11H,4-6,9-10H2,1-3H3,(H,19,20)(H,22,23)/t11-/m1/s1. The van der Waals surface area contributed by atoms with Crippen molar-refractivity contribution >= 4 is 34.3 Å². The second-order valence-electron chi connectivity index (χ2n) is 7.35. The molecule has 1 saturated heterocycles. The smallest absolute Gasteiger partial charge is 0.407 e. The molecule has 1 amide bonds. The molecule has 26 heavy (non-hydrogen) atoms. The van der Waals surface area contributed by atoms with E-state index in [4.69, 9.17) is 9.52 Å². The van der Waals surface area contributed by atoms with Crippen LogP contribution in [0.3, 0.4) is 0 Å². The predicted molar refractivity (Wildman–Crippen MR) is 103 cm³/mol. The molecule has 0 unspecified atom stereocenters. The molecule has 2 aromatic heterocycles. The number of carbonyl (C=O) groups is 1. The summed E-state index contributed by atoms with van der Waals surface area (Å²) < 4.78 is 6.89. The van der Waals surface area contributed by atoms with Crippen LogP contribution in [0.4, 0.5) is 9.93 Å². The third-order valence-electron chi connectivity index (χ3n) is 4.13. The Kier molecular flexibility index (Phi) is 5.76. The van der Waals surface area contributed by atoms with Gasteiger partial charge in [-0.2, -0.15) is 0 Å². The predicted octanol–water partition coefficient (Wildman–Crippen LogP) is 4.28. The van der Waals surface area contributed by atoms with Crippen molar-refractivity contribution in [3.05, 3.63) is 24.0 Å². The second-order valence-corrected chi connectivity index (χ2v) is 9.66. The number of oxazole rings is 1. The van der Waals surface area contributed by atoms with E-state index < -0.39 is 6.09 Å². The quantitative estimate of drug-likeness (QED) is 0.729. The molecule has 3 heterocycles. The molecular formula is C17H24N4O3S2. The van der Waals surface area contributed by atoms with Gasteiger partial charge >= 0.3 is 6.09 Å². The maximum absolute atomic E-state index is 11.1. The van der Waals surface area contributed by atoms with Gasteiger partial charge in [0.05, 0.1) is 22.4 Å². The summed E-state index contributed by atoms with van der Waals surface area (Å²) in [4.78, 5) is 21.3. The number of thiazole rings is 1. The SMILES string of the molecule is CC(C)(C)c1cnc(CSc2cnc(N[C@@H]3CCCN(C(=O)O)C3)s2)o1. The van der Waals surface area contributed by atoms with Crippen molar-refractivity contribution in [2.75, 3.05) is 18.4 Å². The van der Waals surface area contributed by atoms with Gasteiger partial charge in [-0.15, -0.1) is 11.8 Å².